The van der Waals surface area contributed by atoms with E-state index in [0.29, 0.717) is 12.0 Å². The highest BCUT2D eigenvalue weighted by molar-refractivity contribution is 5.80. The third-order valence-corrected chi connectivity index (χ3v) is 3.71. The van der Waals surface area contributed by atoms with Gasteiger partial charge >= 0.3 is 0 Å². The standard InChI is InChI=1S/C14H19N3/c1-9(2)13-5-14-11(4-10(13)3)6-16-17(14)12-7-15-8-12/h4-6,9,12,15H,7-8H2,1-3H3. The first kappa shape index (κ1) is 10.8. The molecule has 0 saturated carbocycles. The summed E-state index contributed by atoms with van der Waals surface area (Å²) in [5.74, 6) is 0.572. The molecule has 1 fully saturated rings. The van der Waals surface area contributed by atoms with Crippen LogP contribution < -0.4 is 5.32 Å². The topological polar surface area (TPSA) is 29.9 Å². The monoisotopic (exact) mass is 229 g/mol. The van der Waals surface area contributed by atoms with E-state index in [9.17, 15) is 0 Å². The van der Waals surface area contributed by atoms with Crippen molar-refractivity contribution in [2.45, 2.75) is 32.7 Å². The smallest absolute Gasteiger partial charge is 0.0774 e. The van der Waals surface area contributed by atoms with Crippen LogP contribution in [0.15, 0.2) is 18.3 Å². The number of aromatic nitrogens is 2. The third kappa shape index (κ3) is 1.65. The highest BCUT2D eigenvalue weighted by Crippen LogP contribution is 2.27. The van der Waals surface area contributed by atoms with Crippen LogP contribution in [-0.4, -0.2) is 22.9 Å². The molecule has 90 valence electrons. The van der Waals surface area contributed by atoms with Gasteiger partial charge in [-0.2, -0.15) is 5.10 Å². The van der Waals surface area contributed by atoms with Crippen molar-refractivity contribution in [3.63, 3.8) is 0 Å². The Morgan fingerprint density at radius 1 is 1.35 bits per heavy atom. The molecule has 1 saturated heterocycles. The quantitative estimate of drug-likeness (QED) is 0.858. The Bertz CT molecular complexity index is 550. The van der Waals surface area contributed by atoms with Gasteiger partial charge in [0.05, 0.1) is 17.8 Å². The molecule has 3 heteroatoms. The Labute approximate surface area is 102 Å². The van der Waals surface area contributed by atoms with E-state index >= 15 is 0 Å². The van der Waals surface area contributed by atoms with Gasteiger partial charge in [0.25, 0.3) is 0 Å². The summed E-state index contributed by atoms with van der Waals surface area (Å²) >= 11 is 0. The molecule has 1 N–H and O–H groups in total. The SMILES string of the molecule is Cc1cc2cnn(C3CNC3)c2cc1C(C)C. The predicted octanol–water partition coefficient (Wildman–Crippen LogP) is 2.61. The summed E-state index contributed by atoms with van der Waals surface area (Å²) in [6.45, 7) is 8.78. The third-order valence-electron chi connectivity index (χ3n) is 3.71. The number of hydrogen-bond acceptors (Lipinski definition) is 2. The van der Waals surface area contributed by atoms with Gasteiger partial charge in [-0.25, -0.2) is 0 Å². The molecule has 0 bridgehead atoms. The van der Waals surface area contributed by atoms with Crippen molar-refractivity contribution in [2.24, 2.45) is 0 Å². The van der Waals surface area contributed by atoms with E-state index in [-0.39, 0.29) is 0 Å². The van der Waals surface area contributed by atoms with Gasteiger partial charge in [-0.05, 0) is 36.1 Å². The van der Waals surface area contributed by atoms with Crippen molar-refractivity contribution >= 4 is 10.9 Å². The molecule has 0 atom stereocenters. The molecular formula is C14H19N3. The van der Waals surface area contributed by atoms with Crippen LogP contribution in [0.3, 0.4) is 0 Å². The average molecular weight is 229 g/mol. The van der Waals surface area contributed by atoms with Crippen LogP contribution in [0.4, 0.5) is 0 Å². The van der Waals surface area contributed by atoms with Crippen LogP contribution in [-0.2, 0) is 0 Å². The van der Waals surface area contributed by atoms with E-state index < -0.39 is 0 Å². The lowest BCUT2D eigenvalue weighted by molar-refractivity contribution is 0.326. The number of hydrogen-bond donors (Lipinski definition) is 1. The lowest BCUT2D eigenvalue weighted by Gasteiger charge is -2.28. The minimum Gasteiger partial charge on any atom is -0.312 e. The summed E-state index contributed by atoms with van der Waals surface area (Å²) in [5.41, 5.74) is 4.09. The first-order valence-electron chi connectivity index (χ1n) is 6.35. The number of nitrogens with zero attached hydrogens (tertiary/aromatic N) is 2. The Hall–Kier alpha value is -1.35. The summed E-state index contributed by atoms with van der Waals surface area (Å²) < 4.78 is 2.18. The average Bonchev–Trinajstić information content (AvgIpc) is 2.57. The van der Waals surface area contributed by atoms with E-state index in [2.05, 4.69) is 48.0 Å². The van der Waals surface area contributed by atoms with Crippen molar-refractivity contribution in [1.29, 1.82) is 0 Å². The molecule has 3 rings (SSSR count). The maximum atomic E-state index is 4.54. The molecule has 0 spiro atoms. The van der Waals surface area contributed by atoms with Gasteiger partial charge in [0.15, 0.2) is 0 Å². The highest BCUT2D eigenvalue weighted by atomic mass is 15.3. The molecule has 3 nitrogen and oxygen atoms in total. The zero-order valence-electron chi connectivity index (χ0n) is 10.7. The Balaban J connectivity index is 2.16. The van der Waals surface area contributed by atoms with E-state index in [1.165, 1.54) is 22.0 Å². The van der Waals surface area contributed by atoms with Crippen LogP contribution in [0.25, 0.3) is 10.9 Å². The first-order chi connectivity index (χ1) is 8.16. The van der Waals surface area contributed by atoms with Crippen LogP contribution >= 0.6 is 0 Å². The van der Waals surface area contributed by atoms with Crippen LogP contribution in [0, 0.1) is 6.92 Å². The zero-order valence-corrected chi connectivity index (χ0v) is 10.7. The number of fused-ring (bicyclic) bond motifs is 1. The molecule has 1 aromatic carbocycles. The number of rotatable bonds is 2. The van der Waals surface area contributed by atoms with Crippen LogP contribution in [0.2, 0.25) is 0 Å². The molecule has 1 aliphatic rings. The second-order valence-electron chi connectivity index (χ2n) is 5.32. The van der Waals surface area contributed by atoms with Gasteiger partial charge in [0.1, 0.15) is 0 Å². The number of nitrogens with one attached hydrogen (secondary N) is 1. The van der Waals surface area contributed by atoms with E-state index in [1.807, 2.05) is 6.20 Å². The van der Waals surface area contributed by atoms with E-state index in [4.69, 9.17) is 0 Å². The number of aryl methyl sites for hydroxylation is 1. The molecular weight excluding hydrogens is 210 g/mol. The summed E-state index contributed by atoms with van der Waals surface area (Å²) in [5, 5.41) is 9.10. The van der Waals surface area contributed by atoms with E-state index in [0.717, 1.165) is 13.1 Å². The van der Waals surface area contributed by atoms with Crippen molar-refractivity contribution in [3.05, 3.63) is 29.5 Å². The van der Waals surface area contributed by atoms with Crippen LogP contribution in [0.5, 0.6) is 0 Å². The second kappa shape index (κ2) is 3.84. The molecule has 0 amide bonds. The summed E-state index contributed by atoms with van der Waals surface area (Å²) in [6, 6.07) is 5.12. The summed E-state index contributed by atoms with van der Waals surface area (Å²) in [4.78, 5) is 0. The molecule has 0 aliphatic carbocycles. The van der Waals surface area contributed by atoms with Gasteiger partial charge in [-0.15, -0.1) is 0 Å². The second-order valence-corrected chi connectivity index (χ2v) is 5.32. The van der Waals surface area contributed by atoms with Crippen molar-refractivity contribution in [1.82, 2.24) is 15.1 Å². The lowest BCUT2D eigenvalue weighted by atomic mass is 9.96. The van der Waals surface area contributed by atoms with E-state index in [1.54, 1.807) is 0 Å². The molecule has 0 radical (unpaired) electrons. The molecule has 1 aliphatic heterocycles. The Morgan fingerprint density at radius 2 is 2.12 bits per heavy atom. The van der Waals surface area contributed by atoms with Crippen molar-refractivity contribution in [3.8, 4) is 0 Å². The highest BCUT2D eigenvalue weighted by Gasteiger charge is 2.21. The predicted molar refractivity (Wildman–Crippen MR) is 70.5 cm³/mol. The minimum atomic E-state index is 0.537. The summed E-state index contributed by atoms with van der Waals surface area (Å²) in [6.07, 6.45) is 1.99. The van der Waals surface area contributed by atoms with Crippen LogP contribution in [0.1, 0.15) is 36.9 Å². The lowest BCUT2D eigenvalue weighted by Crippen LogP contribution is -2.43. The van der Waals surface area contributed by atoms with Gasteiger partial charge in [-0.1, -0.05) is 13.8 Å². The zero-order chi connectivity index (χ0) is 12.0. The fourth-order valence-corrected chi connectivity index (χ4v) is 2.58. The first-order valence-corrected chi connectivity index (χ1v) is 6.35. The maximum Gasteiger partial charge on any atom is 0.0774 e. The molecule has 1 aromatic heterocycles. The fourth-order valence-electron chi connectivity index (χ4n) is 2.58. The summed E-state index contributed by atoms with van der Waals surface area (Å²) in [7, 11) is 0. The molecule has 0 unspecified atom stereocenters. The molecule has 2 heterocycles. The Kier molecular flexibility index (Phi) is 2.44. The van der Waals surface area contributed by atoms with Crippen molar-refractivity contribution < 1.29 is 0 Å². The number of benzene rings is 1. The largest absolute Gasteiger partial charge is 0.312 e. The van der Waals surface area contributed by atoms with Gasteiger partial charge in [0, 0.05) is 18.5 Å². The van der Waals surface area contributed by atoms with Gasteiger partial charge in [-0.3, -0.25) is 4.68 Å². The normalized spacial score (nSPS) is 16.7. The van der Waals surface area contributed by atoms with Gasteiger partial charge in [0.2, 0.25) is 0 Å². The molecule has 2 aromatic rings. The van der Waals surface area contributed by atoms with Gasteiger partial charge < -0.3 is 5.32 Å². The fraction of sp³-hybridized carbons (Fsp3) is 0.500. The molecule has 17 heavy (non-hydrogen) atoms. The Morgan fingerprint density at radius 3 is 2.71 bits per heavy atom. The minimum absolute atomic E-state index is 0.537. The van der Waals surface area contributed by atoms with Crippen molar-refractivity contribution in [2.75, 3.05) is 13.1 Å². The maximum absolute atomic E-state index is 4.54.